The third-order valence-electron chi connectivity index (χ3n) is 2.07. The molecule has 1 aromatic heterocycles. The summed E-state index contributed by atoms with van der Waals surface area (Å²) >= 11 is 1.51. The lowest BCUT2D eigenvalue weighted by atomic mass is 10.2. The highest BCUT2D eigenvalue weighted by atomic mass is 32.1. The first-order valence-electron chi connectivity index (χ1n) is 5.50. The van der Waals surface area contributed by atoms with Crippen LogP contribution in [0.4, 0.5) is 0 Å². The van der Waals surface area contributed by atoms with Gasteiger partial charge in [0.25, 0.3) is 0 Å². The zero-order chi connectivity index (χ0) is 12.0. The molecule has 0 fully saturated rings. The second kappa shape index (κ2) is 6.78. The minimum absolute atomic E-state index is 0.0880. The fraction of sp³-hybridized carbons (Fsp3) is 0.583. The van der Waals surface area contributed by atoms with Crippen LogP contribution >= 0.6 is 11.3 Å². The van der Waals surface area contributed by atoms with E-state index in [9.17, 15) is 4.79 Å². The van der Waals surface area contributed by atoms with Crippen LogP contribution in [-0.4, -0.2) is 25.3 Å². The lowest BCUT2D eigenvalue weighted by Gasteiger charge is -2.15. The van der Waals surface area contributed by atoms with Crippen LogP contribution in [0, 0.1) is 6.92 Å². The molecular formula is C12H18O3S. The van der Waals surface area contributed by atoms with Crippen LogP contribution in [0.2, 0.25) is 0 Å². The summed E-state index contributed by atoms with van der Waals surface area (Å²) in [6, 6.07) is 3.81. The third-order valence-corrected chi connectivity index (χ3v) is 3.11. The van der Waals surface area contributed by atoms with Gasteiger partial charge in [-0.1, -0.05) is 0 Å². The molecule has 0 radical (unpaired) electrons. The Morgan fingerprint density at radius 3 is 2.38 bits per heavy atom. The summed E-state index contributed by atoms with van der Waals surface area (Å²) in [5.41, 5.74) is 0. The van der Waals surface area contributed by atoms with Crippen molar-refractivity contribution in [3.8, 4) is 0 Å². The Hall–Kier alpha value is -0.710. The fourth-order valence-electron chi connectivity index (χ4n) is 1.37. The number of carbonyl (C=O) groups is 1. The van der Waals surface area contributed by atoms with E-state index in [-0.39, 0.29) is 5.78 Å². The highest BCUT2D eigenvalue weighted by Crippen LogP contribution is 2.18. The topological polar surface area (TPSA) is 35.5 Å². The summed E-state index contributed by atoms with van der Waals surface area (Å²) in [5, 5.41) is 0. The first kappa shape index (κ1) is 13.4. The number of rotatable bonds is 7. The van der Waals surface area contributed by atoms with Crippen molar-refractivity contribution in [2.75, 3.05) is 13.2 Å². The lowest BCUT2D eigenvalue weighted by molar-refractivity contribution is -0.133. The largest absolute Gasteiger partial charge is 0.352 e. The molecule has 0 N–H and O–H groups in total. The van der Waals surface area contributed by atoms with Gasteiger partial charge in [-0.05, 0) is 32.9 Å². The molecule has 1 aromatic rings. The van der Waals surface area contributed by atoms with Crippen molar-refractivity contribution in [3.05, 3.63) is 21.9 Å². The molecule has 0 aliphatic heterocycles. The summed E-state index contributed by atoms with van der Waals surface area (Å²) in [5.74, 6) is 0.0880. The number of aryl methyl sites for hydroxylation is 1. The standard InChI is InChI=1S/C12H18O3S/c1-4-14-12(15-5-2)8-10(13)11-7-6-9(3)16-11/h6-7,12H,4-5,8H2,1-3H3. The maximum absolute atomic E-state index is 11.9. The Labute approximate surface area is 100 Å². The molecule has 90 valence electrons. The molecule has 0 aliphatic carbocycles. The second-order valence-corrected chi connectivity index (χ2v) is 4.67. The van der Waals surface area contributed by atoms with Crippen molar-refractivity contribution in [1.29, 1.82) is 0 Å². The first-order valence-corrected chi connectivity index (χ1v) is 6.31. The predicted octanol–water partition coefficient (Wildman–Crippen LogP) is 3.03. The van der Waals surface area contributed by atoms with E-state index in [1.807, 2.05) is 32.9 Å². The van der Waals surface area contributed by atoms with Gasteiger partial charge >= 0.3 is 0 Å². The van der Waals surface area contributed by atoms with E-state index >= 15 is 0 Å². The van der Waals surface area contributed by atoms with Gasteiger partial charge in [-0.3, -0.25) is 4.79 Å². The molecule has 0 saturated heterocycles. The van der Waals surface area contributed by atoms with Gasteiger partial charge in [-0.25, -0.2) is 0 Å². The smallest absolute Gasteiger partial charge is 0.177 e. The average molecular weight is 242 g/mol. The highest BCUT2D eigenvalue weighted by molar-refractivity contribution is 7.14. The maximum Gasteiger partial charge on any atom is 0.177 e. The van der Waals surface area contributed by atoms with Crippen molar-refractivity contribution in [1.82, 2.24) is 0 Å². The van der Waals surface area contributed by atoms with E-state index in [1.54, 1.807) is 0 Å². The molecule has 0 atom stereocenters. The van der Waals surface area contributed by atoms with Gasteiger partial charge in [0.05, 0.1) is 11.3 Å². The molecule has 1 heterocycles. The van der Waals surface area contributed by atoms with Gasteiger partial charge in [0, 0.05) is 18.1 Å². The average Bonchev–Trinajstić information content (AvgIpc) is 2.65. The predicted molar refractivity (Wildman–Crippen MR) is 65.0 cm³/mol. The van der Waals surface area contributed by atoms with Crippen LogP contribution in [0.5, 0.6) is 0 Å². The number of ether oxygens (including phenoxy) is 2. The van der Waals surface area contributed by atoms with E-state index in [0.29, 0.717) is 19.6 Å². The number of thiophene rings is 1. The quantitative estimate of drug-likeness (QED) is 0.544. The van der Waals surface area contributed by atoms with Gasteiger partial charge in [0.15, 0.2) is 12.1 Å². The number of hydrogen-bond donors (Lipinski definition) is 0. The van der Waals surface area contributed by atoms with Crippen LogP contribution in [0.25, 0.3) is 0 Å². The van der Waals surface area contributed by atoms with E-state index < -0.39 is 6.29 Å². The summed E-state index contributed by atoms with van der Waals surface area (Å²) in [6.07, 6.45) is -0.119. The Balaban J connectivity index is 2.54. The van der Waals surface area contributed by atoms with E-state index in [4.69, 9.17) is 9.47 Å². The molecular weight excluding hydrogens is 224 g/mol. The van der Waals surface area contributed by atoms with Gasteiger partial charge in [0.1, 0.15) is 0 Å². The fourth-order valence-corrected chi connectivity index (χ4v) is 2.19. The summed E-state index contributed by atoms with van der Waals surface area (Å²) in [4.78, 5) is 13.8. The Morgan fingerprint density at radius 2 is 1.94 bits per heavy atom. The number of carbonyl (C=O) groups excluding carboxylic acids is 1. The molecule has 4 heteroatoms. The van der Waals surface area contributed by atoms with Crippen molar-refractivity contribution in [3.63, 3.8) is 0 Å². The van der Waals surface area contributed by atoms with Crippen LogP contribution in [0.3, 0.4) is 0 Å². The minimum Gasteiger partial charge on any atom is -0.352 e. The number of Topliss-reactive ketones (excluding diaryl/α,β-unsaturated/α-hetero) is 1. The summed E-state index contributed by atoms with van der Waals surface area (Å²) in [6.45, 7) is 6.89. The van der Waals surface area contributed by atoms with Crippen molar-refractivity contribution in [2.45, 2.75) is 33.5 Å². The molecule has 16 heavy (non-hydrogen) atoms. The van der Waals surface area contributed by atoms with Crippen LogP contribution in [0.1, 0.15) is 34.8 Å². The maximum atomic E-state index is 11.9. The van der Waals surface area contributed by atoms with E-state index in [1.165, 1.54) is 11.3 Å². The molecule has 0 bridgehead atoms. The number of ketones is 1. The van der Waals surface area contributed by atoms with Gasteiger partial charge < -0.3 is 9.47 Å². The number of hydrogen-bond acceptors (Lipinski definition) is 4. The molecule has 3 nitrogen and oxygen atoms in total. The minimum atomic E-state index is -0.412. The summed E-state index contributed by atoms with van der Waals surface area (Å²) < 4.78 is 10.7. The van der Waals surface area contributed by atoms with Crippen LogP contribution in [-0.2, 0) is 9.47 Å². The Kier molecular flexibility index (Phi) is 5.66. The monoisotopic (exact) mass is 242 g/mol. The highest BCUT2D eigenvalue weighted by Gasteiger charge is 2.16. The van der Waals surface area contributed by atoms with Crippen LogP contribution in [0.15, 0.2) is 12.1 Å². The molecule has 0 spiro atoms. The first-order chi connectivity index (χ1) is 7.67. The third kappa shape index (κ3) is 4.04. The SMILES string of the molecule is CCOC(CC(=O)c1ccc(C)s1)OCC. The summed E-state index contributed by atoms with van der Waals surface area (Å²) in [7, 11) is 0. The molecule has 1 rings (SSSR count). The van der Waals surface area contributed by atoms with Gasteiger partial charge in [-0.2, -0.15) is 0 Å². The van der Waals surface area contributed by atoms with Crippen molar-refractivity contribution in [2.24, 2.45) is 0 Å². The normalized spacial score (nSPS) is 11.0. The van der Waals surface area contributed by atoms with Gasteiger partial charge in [-0.15, -0.1) is 11.3 Å². The molecule has 0 aromatic carbocycles. The molecule has 0 amide bonds. The van der Waals surface area contributed by atoms with Crippen LogP contribution < -0.4 is 0 Å². The zero-order valence-electron chi connectivity index (χ0n) is 9.99. The van der Waals surface area contributed by atoms with Crippen molar-refractivity contribution < 1.29 is 14.3 Å². The molecule has 0 aliphatic rings. The lowest BCUT2D eigenvalue weighted by Crippen LogP contribution is -2.21. The van der Waals surface area contributed by atoms with Crippen molar-refractivity contribution >= 4 is 17.1 Å². The zero-order valence-corrected chi connectivity index (χ0v) is 10.8. The molecule has 0 unspecified atom stereocenters. The van der Waals surface area contributed by atoms with Gasteiger partial charge in [0.2, 0.25) is 0 Å². The van der Waals surface area contributed by atoms with E-state index in [2.05, 4.69) is 0 Å². The Morgan fingerprint density at radius 1 is 1.31 bits per heavy atom. The Bertz CT molecular complexity index is 327. The van der Waals surface area contributed by atoms with E-state index in [0.717, 1.165) is 9.75 Å². The molecule has 0 saturated carbocycles. The second-order valence-electron chi connectivity index (χ2n) is 3.38.